The van der Waals surface area contributed by atoms with Gasteiger partial charge in [0.1, 0.15) is 0 Å². The maximum atomic E-state index is 4.22. The van der Waals surface area contributed by atoms with E-state index in [1.54, 1.807) is 6.20 Å². The van der Waals surface area contributed by atoms with E-state index in [9.17, 15) is 0 Å². The van der Waals surface area contributed by atoms with Crippen LogP contribution in [0.3, 0.4) is 0 Å². The first-order valence-electron chi connectivity index (χ1n) is 13.3. The van der Waals surface area contributed by atoms with Crippen LogP contribution in [0.5, 0.6) is 0 Å². The zero-order chi connectivity index (χ0) is 25.3. The fraction of sp³-hybridized carbons (Fsp3) is 0.176. The number of pyridine rings is 1. The molecule has 1 aliphatic heterocycles. The van der Waals surface area contributed by atoms with Crippen molar-refractivity contribution >= 4 is 33.6 Å². The zero-order valence-electron chi connectivity index (χ0n) is 21.4. The second kappa shape index (κ2) is 11.5. The van der Waals surface area contributed by atoms with E-state index in [1.165, 1.54) is 63.7 Å². The molecule has 0 radical (unpaired) electrons. The molecule has 0 amide bonds. The van der Waals surface area contributed by atoms with Crippen molar-refractivity contribution in [1.82, 2.24) is 9.55 Å². The molecule has 1 fully saturated rings. The number of rotatable bonds is 2. The summed E-state index contributed by atoms with van der Waals surface area (Å²) >= 11 is 1.86. The Bertz CT molecular complexity index is 1690. The Hall–Kier alpha value is -3.24. The molecule has 8 rings (SSSR count). The van der Waals surface area contributed by atoms with E-state index < -0.39 is 0 Å². The third-order valence-corrected chi connectivity index (χ3v) is 8.52. The Morgan fingerprint density at radius 1 is 0.846 bits per heavy atom. The Labute approximate surface area is 247 Å². The molecule has 0 saturated heterocycles. The number of nitrogens with zero attached hydrogens (tertiary/aromatic N) is 3. The van der Waals surface area contributed by atoms with Gasteiger partial charge in [0.25, 0.3) is 0 Å². The van der Waals surface area contributed by atoms with Crippen LogP contribution in [-0.2, 0) is 20.1 Å². The van der Waals surface area contributed by atoms with E-state index in [0.29, 0.717) is 6.04 Å². The van der Waals surface area contributed by atoms with Gasteiger partial charge in [-0.2, -0.15) is 11.8 Å². The Kier molecular flexibility index (Phi) is 7.65. The quantitative estimate of drug-likeness (QED) is 0.134. The summed E-state index contributed by atoms with van der Waals surface area (Å²) in [7, 11) is 0. The maximum absolute atomic E-state index is 4.22. The van der Waals surface area contributed by atoms with Crippen LogP contribution in [0.25, 0.3) is 38.8 Å². The van der Waals surface area contributed by atoms with Gasteiger partial charge in [0.05, 0.1) is 17.1 Å². The number of fused-ring (bicyclic) bond motifs is 3. The Balaban J connectivity index is 0.000000180. The summed E-state index contributed by atoms with van der Waals surface area (Å²) in [6.45, 7) is 0. The second-order valence-corrected chi connectivity index (χ2v) is 11.0. The average Bonchev–Trinajstić information content (AvgIpc) is 3.39. The molecule has 1 saturated carbocycles. The standard InChI is InChI=1S/C23H19N2S.C11H8N.Ir/c1-2-9-18(10-3-1)24-15-25-20-13-16-7-4-5-8-17(16)14-22(20)26-21-12-6-11-19(24)23(21)25;1-2-6-10(7-3-1)11-8-4-5-9-12-11;/h4-8,11-12,14,18H,1-3,9-10H2;1-6,8-9H;/q2*-1;+3. The van der Waals surface area contributed by atoms with Gasteiger partial charge in [0, 0.05) is 11.1 Å². The summed E-state index contributed by atoms with van der Waals surface area (Å²) in [6.07, 6.45) is 12.1. The normalized spacial score (nSPS) is 14.3. The molecule has 0 atom stereocenters. The molecule has 4 aromatic carbocycles. The molecule has 0 unspecified atom stereocenters. The Morgan fingerprint density at radius 3 is 2.51 bits per heavy atom. The van der Waals surface area contributed by atoms with E-state index in [4.69, 9.17) is 0 Å². The minimum Gasteiger partial charge on any atom is -0.334 e. The van der Waals surface area contributed by atoms with Crippen molar-refractivity contribution in [3.8, 4) is 16.9 Å². The summed E-state index contributed by atoms with van der Waals surface area (Å²) in [5, 5.41) is 2.42. The predicted octanol–water partition coefficient (Wildman–Crippen LogP) is 8.19. The molecule has 3 heterocycles. The first kappa shape index (κ1) is 26.0. The SMILES string of the molecule is [Ir+3].[c-]1c2c(cc3ccccc13)Sc1cccc3c1[n+]-2[c-]n3C1CCCCC1.[c-]1ccccc1-c1ccccn1. The molecule has 0 N–H and O–H groups in total. The van der Waals surface area contributed by atoms with Crippen molar-refractivity contribution in [3.05, 3.63) is 116 Å². The van der Waals surface area contributed by atoms with Gasteiger partial charge in [-0.1, -0.05) is 53.8 Å². The van der Waals surface area contributed by atoms with Crippen molar-refractivity contribution < 1.29 is 24.7 Å². The summed E-state index contributed by atoms with van der Waals surface area (Å²) in [4.78, 5) is 6.81. The van der Waals surface area contributed by atoms with Gasteiger partial charge >= 0.3 is 20.1 Å². The van der Waals surface area contributed by atoms with Crippen LogP contribution in [-0.4, -0.2) is 9.55 Å². The molecule has 0 bridgehead atoms. The zero-order valence-corrected chi connectivity index (χ0v) is 24.6. The molecular weight excluding hydrogens is 675 g/mol. The third-order valence-electron chi connectivity index (χ3n) is 7.44. The van der Waals surface area contributed by atoms with Crippen molar-refractivity contribution in [2.75, 3.05) is 0 Å². The number of benzene rings is 4. The van der Waals surface area contributed by atoms with E-state index in [-0.39, 0.29) is 20.1 Å². The number of imidazole rings is 1. The van der Waals surface area contributed by atoms with Crippen LogP contribution in [0.1, 0.15) is 38.1 Å². The van der Waals surface area contributed by atoms with Crippen LogP contribution in [0.15, 0.2) is 107 Å². The summed E-state index contributed by atoms with van der Waals surface area (Å²) in [6, 6.07) is 38.6. The van der Waals surface area contributed by atoms with Gasteiger partial charge in [0.2, 0.25) is 6.33 Å². The van der Waals surface area contributed by atoms with Gasteiger partial charge in [0.15, 0.2) is 0 Å². The average molecular weight is 702 g/mol. The van der Waals surface area contributed by atoms with E-state index in [0.717, 1.165) is 16.9 Å². The van der Waals surface area contributed by atoms with Crippen LogP contribution in [0.2, 0.25) is 0 Å². The van der Waals surface area contributed by atoms with Crippen molar-refractivity contribution in [3.63, 3.8) is 0 Å². The first-order chi connectivity index (χ1) is 18.8. The second-order valence-electron chi connectivity index (χ2n) is 9.88. The molecule has 5 heteroatoms. The summed E-state index contributed by atoms with van der Waals surface area (Å²) in [5.74, 6) is 0. The van der Waals surface area contributed by atoms with Crippen molar-refractivity contribution in [2.24, 2.45) is 0 Å². The van der Waals surface area contributed by atoms with Crippen molar-refractivity contribution in [2.45, 2.75) is 47.9 Å². The monoisotopic (exact) mass is 702 g/mol. The van der Waals surface area contributed by atoms with Gasteiger partial charge in [-0.3, -0.25) is 0 Å². The topological polar surface area (TPSA) is 21.7 Å². The van der Waals surface area contributed by atoms with E-state index in [1.807, 2.05) is 54.2 Å². The fourth-order valence-electron chi connectivity index (χ4n) is 5.58. The molecule has 2 aromatic heterocycles. The van der Waals surface area contributed by atoms with E-state index >= 15 is 0 Å². The largest absolute Gasteiger partial charge is 3.00 e. The third kappa shape index (κ3) is 5.07. The minimum atomic E-state index is 0. The van der Waals surface area contributed by atoms with Crippen LogP contribution < -0.4 is 4.57 Å². The molecule has 2 aliphatic rings. The smallest absolute Gasteiger partial charge is 0.334 e. The predicted molar refractivity (Wildman–Crippen MR) is 153 cm³/mol. The van der Waals surface area contributed by atoms with Crippen molar-refractivity contribution in [1.29, 1.82) is 0 Å². The van der Waals surface area contributed by atoms with Gasteiger partial charge < -0.3 is 14.1 Å². The molecule has 39 heavy (non-hydrogen) atoms. The number of para-hydroxylation sites is 1. The molecular formula is C34H27IrN3S+. The van der Waals surface area contributed by atoms with Crippen LogP contribution in [0, 0.1) is 18.5 Å². The number of aromatic nitrogens is 3. The Morgan fingerprint density at radius 2 is 1.69 bits per heavy atom. The molecule has 1 aliphatic carbocycles. The number of hydrogen-bond donors (Lipinski definition) is 0. The number of hydrogen-bond acceptors (Lipinski definition) is 2. The maximum Gasteiger partial charge on any atom is 3.00 e. The van der Waals surface area contributed by atoms with Crippen LogP contribution >= 0.6 is 11.8 Å². The van der Waals surface area contributed by atoms with E-state index in [2.05, 4.69) is 81.1 Å². The fourth-order valence-corrected chi connectivity index (χ4v) is 6.68. The van der Waals surface area contributed by atoms with Gasteiger partial charge in [-0.25, -0.2) is 0 Å². The molecule has 3 nitrogen and oxygen atoms in total. The molecule has 6 aromatic rings. The van der Waals surface area contributed by atoms with Gasteiger partial charge in [-0.05, 0) is 43.1 Å². The molecule has 192 valence electrons. The van der Waals surface area contributed by atoms with Crippen LogP contribution in [0.4, 0.5) is 0 Å². The first-order valence-corrected chi connectivity index (χ1v) is 14.2. The van der Waals surface area contributed by atoms with Gasteiger partial charge in [-0.15, -0.1) is 70.9 Å². The summed E-state index contributed by atoms with van der Waals surface area (Å²) < 4.78 is 4.67. The molecule has 0 spiro atoms. The minimum absolute atomic E-state index is 0. The summed E-state index contributed by atoms with van der Waals surface area (Å²) in [5.41, 5.74) is 5.76.